The first-order chi connectivity index (χ1) is 9.56. The van der Waals surface area contributed by atoms with Crippen LogP contribution in [0.3, 0.4) is 0 Å². The van der Waals surface area contributed by atoms with Crippen LogP contribution >= 0.6 is 0 Å². The highest BCUT2D eigenvalue weighted by Gasteiger charge is 2.26. The summed E-state index contributed by atoms with van der Waals surface area (Å²) >= 11 is 0. The summed E-state index contributed by atoms with van der Waals surface area (Å²) < 4.78 is 0. The van der Waals surface area contributed by atoms with Crippen LogP contribution in [0.1, 0.15) is 5.69 Å². The minimum atomic E-state index is -1.14. The van der Waals surface area contributed by atoms with Gasteiger partial charge >= 0.3 is 12.0 Å². The highest BCUT2D eigenvalue weighted by atomic mass is 16.4. The fraction of sp³-hybridized carbons (Fsp3) is 0.455. The number of aromatic nitrogens is 2. The van der Waals surface area contributed by atoms with Crippen LogP contribution in [0, 0.1) is 0 Å². The molecule has 1 fully saturated rings. The third-order valence-corrected chi connectivity index (χ3v) is 2.90. The first-order valence-electron chi connectivity index (χ1n) is 6.08. The molecule has 9 nitrogen and oxygen atoms in total. The molecule has 1 aromatic rings. The zero-order valence-electron chi connectivity index (χ0n) is 10.6. The number of hydrogen-bond donors (Lipinski definition) is 4. The van der Waals surface area contributed by atoms with Gasteiger partial charge in [-0.1, -0.05) is 0 Å². The number of nitrogens with one attached hydrogen (secondary N) is 3. The monoisotopic (exact) mass is 281 g/mol. The van der Waals surface area contributed by atoms with Gasteiger partial charge in [0.2, 0.25) is 5.91 Å². The Labute approximate surface area is 114 Å². The molecule has 0 unspecified atom stereocenters. The average Bonchev–Trinajstić information content (AvgIpc) is 2.90. The lowest BCUT2D eigenvalue weighted by molar-refractivity contribution is -0.139. The van der Waals surface area contributed by atoms with Crippen LogP contribution in [-0.4, -0.2) is 63.6 Å². The minimum absolute atomic E-state index is 0.0672. The maximum Gasteiger partial charge on any atom is 0.326 e. The number of amides is 3. The number of imidazole rings is 1. The van der Waals surface area contributed by atoms with Gasteiger partial charge in [0.1, 0.15) is 12.6 Å². The van der Waals surface area contributed by atoms with Gasteiger partial charge in [-0.15, -0.1) is 0 Å². The molecule has 2 rings (SSSR count). The van der Waals surface area contributed by atoms with E-state index < -0.39 is 18.0 Å². The highest BCUT2D eigenvalue weighted by molar-refractivity contribution is 5.87. The van der Waals surface area contributed by atoms with Crippen molar-refractivity contribution < 1.29 is 19.5 Å². The summed E-state index contributed by atoms with van der Waals surface area (Å²) in [5, 5.41) is 14.1. The molecule has 3 amide bonds. The van der Waals surface area contributed by atoms with Gasteiger partial charge in [0.15, 0.2) is 0 Å². The lowest BCUT2D eigenvalue weighted by Crippen LogP contribution is -2.56. The molecule has 9 heteroatoms. The van der Waals surface area contributed by atoms with Gasteiger partial charge in [0, 0.05) is 31.4 Å². The van der Waals surface area contributed by atoms with E-state index in [1.807, 2.05) is 0 Å². The Morgan fingerprint density at radius 3 is 2.95 bits per heavy atom. The Bertz CT molecular complexity index is 501. The van der Waals surface area contributed by atoms with Crippen molar-refractivity contribution in [1.29, 1.82) is 0 Å². The van der Waals surface area contributed by atoms with E-state index in [0.717, 1.165) is 0 Å². The van der Waals surface area contributed by atoms with Gasteiger partial charge in [-0.25, -0.2) is 14.6 Å². The number of carboxylic acid groups (broad SMARTS) is 1. The molecule has 0 aromatic carbocycles. The first-order valence-corrected chi connectivity index (χ1v) is 6.08. The van der Waals surface area contributed by atoms with Crippen molar-refractivity contribution in [3.63, 3.8) is 0 Å². The van der Waals surface area contributed by atoms with E-state index >= 15 is 0 Å². The van der Waals surface area contributed by atoms with Crippen molar-refractivity contribution in [2.24, 2.45) is 0 Å². The smallest absolute Gasteiger partial charge is 0.326 e. The quantitative estimate of drug-likeness (QED) is 0.536. The third kappa shape index (κ3) is 3.46. The summed E-state index contributed by atoms with van der Waals surface area (Å²) in [5.74, 6) is -1.40. The number of rotatable bonds is 4. The number of carbonyl (C=O) groups is 3. The second-order valence-corrected chi connectivity index (χ2v) is 4.39. The molecule has 1 aliphatic heterocycles. The molecule has 0 aliphatic carbocycles. The Kier molecular flexibility index (Phi) is 4.18. The van der Waals surface area contributed by atoms with Crippen LogP contribution in [0.4, 0.5) is 4.79 Å². The normalized spacial score (nSPS) is 16.4. The van der Waals surface area contributed by atoms with Crippen LogP contribution < -0.4 is 10.6 Å². The summed E-state index contributed by atoms with van der Waals surface area (Å²) in [6.45, 7) is 0.654. The molecule has 108 valence electrons. The maximum atomic E-state index is 11.9. The van der Waals surface area contributed by atoms with Gasteiger partial charge in [0.05, 0.1) is 6.33 Å². The Balaban J connectivity index is 1.95. The molecular weight excluding hydrogens is 266 g/mol. The third-order valence-electron chi connectivity index (χ3n) is 2.90. The summed E-state index contributed by atoms with van der Waals surface area (Å²) in [6, 6.07) is -1.64. The molecule has 1 aliphatic rings. The molecule has 0 spiro atoms. The largest absolute Gasteiger partial charge is 0.480 e. The molecule has 0 saturated carbocycles. The van der Waals surface area contributed by atoms with E-state index in [9.17, 15) is 14.4 Å². The Morgan fingerprint density at radius 2 is 2.35 bits per heavy atom. The topological polar surface area (TPSA) is 127 Å². The van der Waals surface area contributed by atoms with Crippen molar-refractivity contribution >= 4 is 17.9 Å². The Morgan fingerprint density at radius 1 is 1.55 bits per heavy atom. The van der Waals surface area contributed by atoms with Crippen molar-refractivity contribution in [3.8, 4) is 0 Å². The summed E-state index contributed by atoms with van der Waals surface area (Å²) in [6.07, 6.45) is 3.03. The van der Waals surface area contributed by atoms with Crippen molar-refractivity contribution in [3.05, 3.63) is 18.2 Å². The number of hydrogen-bond acceptors (Lipinski definition) is 4. The van der Waals surface area contributed by atoms with Crippen LogP contribution in [0.2, 0.25) is 0 Å². The fourth-order valence-corrected chi connectivity index (χ4v) is 1.87. The molecule has 4 N–H and O–H groups in total. The van der Waals surface area contributed by atoms with E-state index in [2.05, 4.69) is 20.6 Å². The van der Waals surface area contributed by atoms with Crippen molar-refractivity contribution in [2.75, 3.05) is 19.6 Å². The summed E-state index contributed by atoms with van der Waals surface area (Å²) in [4.78, 5) is 42.1. The predicted molar refractivity (Wildman–Crippen MR) is 66.8 cm³/mol. The lowest BCUT2D eigenvalue weighted by Gasteiger charge is -2.28. The number of nitrogens with zero attached hydrogens (tertiary/aromatic N) is 2. The molecule has 20 heavy (non-hydrogen) atoms. The standard InChI is InChI=1S/C11H15N5O4/c17-9-5-16(2-1-13-9)11(20)15-8(10(18)19)3-7-4-12-6-14-7/h4,6,8H,1-3,5H2,(H,12,14)(H,13,17)(H,15,20)(H,18,19)/t8-/m0/s1. The number of aliphatic carboxylic acids is 1. The van der Waals surface area contributed by atoms with E-state index in [1.54, 1.807) is 0 Å². The Hall–Kier alpha value is -2.58. The summed E-state index contributed by atoms with van der Waals surface area (Å²) in [7, 11) is 0. The van der Waals surface area contributed by atoms with E-state index in [4.69, 9.17) is 5.11 Å². The molecule has 0 bridgehead atoms. The summed E-state index contributed by atoms with van der Waals surface area (Å²) in [5.41, 5.74) is 0.606. The van der Waals surface area contributed by atoms with Gasteiger partial charge in [-0.3, -0.25) is 4.79 Å². The SMILES string of the molecule is O=C1CN(C(=O)N[C@@H](Cc2cnc[nH]2)C(=O)O)CCN1. The maximum absolute atomic E-state index is 11.9. The van der Waals surface area contributed by atoms with Crippen LogP contribution in [0.25, 0.3) is 0 Å². The molecule has 2 heterocycles. The number of carboxylic acids is 1. The molecule has 1 aromatic heterocycles. The number of piperazine rings is 1. The van der Waals surface area contributed by atoms with Crippen LogP contribution in [0.5, 0.6) is 0 Å². The molecular formula is C11H15N5O4. The molecule has 1 atom stereocenters. The van der Waals surface area contributed by atoms with Crippen LogP contribution in [0.15, 0.2) is 12.5 Å². The van der Waals surface area contributed by atoms with E-state index in [-0.39, 0.29) is 18.9 Å². The van der Waals surface area contributed by atoms with Gasteiger partial charge in [-0.2, -0.15) is 0 Å². The number of aromatic amines is 1. The van der Waals surface area contributed by atoms with Crippen molar-refractivity contribution in [2.45, 2.75) is 12.5 Å². The minimum Gasteiger partial charge on any atom is -0.480 e. The zero-order valence-corrected chi connectivity index (χ0v) is 10.6. The second kappa shape index (κ2) is 6.04. The van der Waals surface area contributed by atoms with Gasteiger partial charge in [-0.05, 0) is 0 Å². The fourth-order valence-electron chi connectivity index (χ4n) is 1.87. The van der Waals surface area contributed by atoms with Crippen molar-refractivity contribution in [1.82, 2.24) is 25.5 Å². The molecule has 1 saturated heterocycles. The molecule has 0 radical (unpaired) electrons. The zero-order chi connectivity index (χ0) is 14.5. The van der Waals surface area contributed by atoms with E-state index in [0.29, 0.717) is 18.8 Å². The number of carbonyl (C=O) groups excluding carboxylic acids is 2. The van der Waals surface area contributed by atoms with E-state index in [1.165, 1.54) is 17.4 Å². The van der Waals surface area contributed by atoms with Gasteiger partial charge < -0.3 is 25.6 Å². The van der Waals surface area contributed by atoms with Gasteiger partial charge in [0.25, 0.3) is 0 Å². The predicted octanol–water partition coefficient (Wildman–Crippen LogP) is -1.45. The highest BCUT2D eigenvalue weighted by Crippen LogP contribution is 2.01. The lowest BCUT2D eigenvalue weighted by atomic mass is 10.1. The first kappa shape index (κ1) is 13.8. The number of H-pyrrole nitrogens is 1. The average molecular weight is 281 g/mol. The number of urea groups is 1. The van der Waals surface area contributed by atoms with Crippen LogP contribution in [-0.2, 0) is 16.0 Å². The second-order valence-electron chi connectivity index (χ2n) is 4.39.